The van der Waals surface area contributed by atoms with E-state index in [4.69, 9.17) is 9.15 Å². The third kappa shape index (κ3) is 3.74. The molecule has 0 unspecified atom stereocenters. The standard InChI is InChI=1S/C22H25NO3/c1-5-16-7-8-19-18(14-26-21(19)11-16)12-22(24)23(3)13-17-10-15(2)6-9-20(17)25-4/h6-11,14H,5,12-13H2,1-4H3. The minimum atomic E-state index is 0.0517. The Morgan fingerprint density at radius 2 is 1.96 bits per heavy atom. The first-order valence-corrected chi connectivity index (χ1v) is 8.88. The van der Waals surface area contributed by atoms with Crippen LogP contribution in [0.3, 0.4) is 0 Å². The second kappa shape index (κ2) is 7.65. The number of hydrogen-bond acceptors (Lipinski definition) is 3. The van der Waals surface area contributed by atoms with E-state index in [-0.39, 0.29) is 5.91 Å². The van der Waals surface area contributed by atoms with Gasteiger partial charge in [-0.2, -0.15) is 0 Å². The summed E-state index contributed by atoms with van der Waals surface area (Å²) >= 11 is 0. The van der Waals surface area contributed by atoms with E-state index in [0.717, 1.165) is 39.8 Å². The largest absolute Gasteiger partial charge is 0.496 e. The fourth-order valence-corrected chi connectivity index (χ4v) is 3.16. The first kappa shape index (κ1) is 18.1. The van der Waals surface area contributed by atoms with Crippen molar-refractivity contribution in [2.45, 2.75) is 33.2 Å². The molecule has 136 valence electrons. The summed E-state index contributed by atoms with van der Waals surface area (Å²) in [5.74, 6) is 0.854. The molecule has 0 aliphatic carbocycles. The fourth-order valence-electron chi connectivity index (χ4n) is 3.16. The van der Waals surface area contributed by atoms with Gasteiger partial charge in [0.05, 0.1) is 19.8 Å². The lowest BCUT2D eigenvalue weighted by molar-refractivity contribution is -0.129. The molecule has 0 aliphatic heterocycles. The van der Waals surface area contributed by atoms with Crippen molar-refractivity contribution in [1.82, 2.24) is 4.90 Å². The van der Waals surface area contributed by atoms with Gasteiger partial charge in [0, 0.05) is 30.1 Å². The SMILES string of the molecule is CCc1ccc2c(CC(=O)N(C)Cc3cc(C)ccc3OC)coc2c1. The van der Waals surface area contributed by atoms with Gasteiger partial charge in [0.25, 0.3) is 0 Å². The van der Waals surface area contributed by atoms with Crippen LogP contribution in [0.2, 0.25) is 0 Å². The molecule has 0 saturated carbocycles. The van der Waals surface area contributed by atoms with Gasteiger partial charge in [-0.3, -0.25) is 4.79 Å². The summed E-state index contributed by atoms with van der Waals surface area (Å²) in [5, 5.41) is 1.01. The lowest BCUT2D eigenvalue weighted by Crippen LogP contribution is -2.27. The number of fused-ring (bicyclic) bond motifs is 1. The van der Waals surface area contributed by atoms with E-state index in [2.05, 4.69) is 19.1 Å². The van der Waals surface area contributed by atoms with Crippen molar-refractivity contribution in [3.8, 4) is 5.75 Å². The lowest BCUT2D eigenvalue weighted by atomic mass is 10.1. The predicted octanol–water partition coefficient (Wildman–Crippen LogP) is 4.51. The van der Waals surface area contributed by atoms with Gasteiger partial charge in [-0.1, -0.05) is 36.8 Å². The van der Waals surface area contributed by atoms with Crippen molar-refractivity contribution in [2.75, 3.05) is 14.2 Å². The van der Waals surface area contributed by atoms with E-state index in [1.807, 2.05) is 38.2 Å². The second-order valence-corrected chi connectivity index (χ2v) is 6.69. The highest BCUT2D eigenvalue weighted by atomic mass is 16.5. The number of amides is 1. The first-order chi connectivity index (χ1) is 12.5. The molecule has 0 N–H and O–H groups in total. The molecule has 2 aromatic carbocycles. The van der Waals surface area contributed by atoms with Gasteiger partial charge in [0.15, 0.2) is 0 Å². The highest BCUT2D eigenvalue weighted by Gasteiger charge is 2.16. The molecule has 1 aromatic heterocycles. The Morgan fingerprint density at radius 1 is 1.15 bits per heavy atom. The molecule has 1 amide bonds. The van der Waals surface area contributed by atoms with Crippen molar-refractivity contribution < 1.29 is 13.9 Å². The number of methoxy groups -OCH3 is 1. The molecule has 1 heterocycles. The van der Waals surface area contributed by atoms with Crippen molar-refractivity contribution in [2.24, 2.45) is 0 Å². The molecule has 0 fully saturated rings. The number of carbonyl (C=O) groups is 1. The lowest BCUT2D eigenvalue weighted by Gasteiger charge is -2.19. The summed E-state index contributed by atoms with van der Waals surface area (Å²) in [7, 11) is 3.47. The molecule has 0 bridgehead atoms. The highest BCUT2D eigenvalue weighted by molar-refractivity contribution is 5.87. The molecule has 0 spiro atoms. The Bertz CT molecular complexity index is 926. The molecule has 0 radical (unpaired) electrons. The van der Waals surface area contributed by atoms with E-state index in [1.165, 1.54) is 5.56 Å². The number of likely N-dealkylation sites (N-methyl/N-ethyl adjacent to an activating group) is 1. The maximum atomic E-state index is 12.7. The predicted molar refractivity (Wildman–Crippen MR) is 104 cm³/mol. The van der Waals surface area contributed by atoms with Crippen molar-refractivity contribution in [3.63, 3.8) is 0 Å². The Kier molecular flexibility index (Phi) is 5.31. The summed E-state index contributed by atoms with van der Waals surface area (Å²) in [4.78, 5) is 14.4. The van der Waals surface area contributed by atoms with Crippen LogP contribution in [0.15, 0.2) is 47.1 Å². The molecular formula is C22H25NO3. The van der Waals surface area contributed by atoms with Crippen LogP contribution >= 0.6 is 0 Å². The van der Waals surface area contributed by atoms with Crippen LogP contribution < -0.4 is 4.74 Å². The average Bonchev–Trinajstić information content (AvgIpc) is 3.03. The number of rotatable bonds is 6. The number of aryl methyl sites for hydroxylation is 2. The maximum Gasteiger partial charge on any atom is 0.227 e. The van der Waals surface area contributed by atoms with Gasteiger partial charge in [-0.25, -0.2) is 0 Å². The third-order valence-corrected chi connectivity index (χ3v) is 4.74. The molecule has 3 rings (SSSR count). The maximum absolute atomic E-state index is 12.7. The minimum absolute atomic E-state index is 0.0517. The van der Waals surface area contributed by atoms with Gasteiger partial charge in [0.2, 0.25) is 5.91 Å². The van der Waals surface area contributed by atoms with E-state index >= 15 is 0 Å². The smallest absolute Gasteiger partial charge is 0.227 e. The molecule has 0 saturated heterocycles. The summed E-state index contributed by atoms with van der Waals surface area (Å²) in [6, 6.07) is 12.2. The number of carbonyl (C=O) groups excluding carboxylic acids is 1. The van der Waals surface area contributed by atoms with Crippen LogP contribution in [0, 0.1) is 6.92 Å². The average molecular weight is 351 g/mol. The van der Waals surface area contributed by atoms with Gasteiger partial charge < -0.3 is 14.1 Å². The van der Waals surface area contributed by atoms with Gasteiger partial charge in [0.1, 0.15) is 11.3 Å². The normalized spacial score (nSPS) is 10.9. The monoisotopic (exact) mass is 351 g/mol. The number of furan rings is 1. The van der Waals surface area contributed by atoms with E-state index in [1.54, 1.807) is 18.3 Å². The molecule has 3 aromatic rings. The van der Waals surface area contributed by atoms with Crippen LogP contribution in [0.1, 0.15) is 29.2 Å². The highest BCUT2D eigenvalue weighted by Crippen LogP contribution is 2.25. The van der Waals surface area contributed by atoms with Gasteiger partial charge in [-0.05, 0) is 31.0 Å². The van der Waals surface area contributed by atoms with Crippen molar-refractivity contribution in [3.05, 3.63) is 64.9 Å². The Labute approximate surface area is 154 Å². The van der Waals surface area contributed by atoms with Crippen molar-refractivity contribution >= 4 is 16.9 Å². The number of benzene rings is 2. The zero-order valence-corrected chi connectivity index (χ0v) is 15.8. The second-order valence-electron chi connectivity index (χ2n) is 6.69. The van der Waals surface area contributed by atoms with Crippen LogP contribution in [0.4, 0.5) is 0 Å². The van der Waals surface area contributed by atoms with Gasteiger partial charge >= 0.3 is 0 Å². The number of nitrogens with zero attached hydrogens (tertiary/aromatic N) is 1. The molecule has 4 heteroatoms. The Balaban J connectivity index is 1.75. The minimum Gasteiger partial charge on any atom is -0.496 e. The topological polar surface area (TPSA) is 42.7 Å². The molecular weight excluding hydrogens is 326 g/mol. The Morgan fingerprint density at radius 3 is 2.69 bits per heavy atom. The van der Waals surface area contributed by atoms with Crippen LogP contribution in [-0.4, -0.2) is 25.0 Å². The quantitative estimate of drug-likeness (QED) is 0.656. The summed E-state index contributed by atoms with van der Waals surface area (Å²) in [6.45, 7) is 4.66. The Hall–Kier alpha value is -2.75. The summed E-state index contributed by atoms with van der Waals surface area (Å²) in [6.07, 6.45) is 2.98. The van der Waals surface area contributed by atoms with Crippen molar-refractivity contribution in [1.29, 1.82) is 0 Å². The van der Waals surface area contributed by atoms with E-state index in [0.29, 0.717) is 13.0 Å². The fraction of sp³-hybridized carbons (Fsp3) is 0.318. The number of hydrogen-bond donors (Lipinski definition) is 0. The summed E-state index contributed by atoms with van der Waals surface area (Å²) in [5.41, 5.74) is 5.15. The molecule has 4 nitrogen and oxygen atoms in total. The third-order valence-electron chi connectivity index (χ3n) is 4.74. The van der Waals surface area contributed by atoms with Crippen LogP contribution in [-0.2, 0) is 24.2 Å². The van der Waals surface area contributed by atoms with E-state index < -0.39 is 0 Å². The molecule has 0 atom stereocenters. The summed E-state index contributed by atoms with van der Waals surface area (Å²) < 4.78 is 11.1. The van der Waals surface area contributed by atoms with Crippen LogP contribution in [0.5, 0.6) is 5.75 Å². The van der Waals surface area contributed by atoms with Crippen LogP contribution in [0.25, 0.3) is 11.0 Å². The molecule has 26 heavy (non-hydrogen) atoms. The molecule has 0 aliphatic rings. The zero-order valence-electron chi connectivity index (χ0n) is 15.8. The van der Waals surface area contributed by atoms with Gasteiger partial charge in [-0.15, -0.1) is 0 Å². The first-order valence-electron chi connectivity index (χ1n) is 8.88. The number of ether oxygens (including phenoxy) is 1. The zero-order chi connectivity index (χ0) is 18.7. The van der Waals surface area contributed by atoms with E-state index in [9.17, 15) is 4.79 Å².